The molecule has 0 bridgehead atoms. The second-order valence-electron chi connectivity index (χ2n) is 7.24. The van der Waals surface area contributed by atoms with Crippen LogP contribution in [0.25, 0.3) is 0 Å². The van der Waals surface area contributed by atoms with E-state index in [9.17, 15) is 20.4 Å². The lowest BCUT2D eigenvalue weighted by molar-refractivity contribution is 0.449. The number of azo groups is 2. The van der Waals surface area contributed by atoms with Gasteiger partial charge in [0.25, 0.3) is 11.9 Å². The quantitative estimate of drug-likeness (QED) is 0.106. The Labute approximate surface area is 208 Å². The molecule has 0 spiro atoms. The molecule has 2 heterocycles. The molecular formula is C21H20N12O4. The number of aromatic amines is 2. The van der Waals surface area contributed by atoms with Crippen LogP contribution in [-0.4, -0.2) is 76.3 Å². The molecule has 0 saturated carbocycles. The van der Waals surface area contributed by atoms with Gasteiger partial charge in [-0.15, -0.1) is 20.5 Å². The lowest BCUT2D eigenvalue weighted by Gasteiger charge is -2.03. The van der Waals surface area contributed by atoms with Gasteiger partial charge in [0.05, 0.1) is 0 Å². The van der Waals surface area contributed by atoms with E-state index in [1.807, 2.05) is 0 Å². The molecule has 2 aromatic heterocycles. The first-order valence-corrected chi connectivity index (χ1v) is 10.7. The Morgan fingerprint density at radius 3 is 1.49 bits per heavy atom. The Kier molecular flexibility index (Phi) is 7.80. The van der Waals surface area contributed by atoms with Crippen LogP contribution in [0.3, 0.4) is 0 Å². The van der Waals surface area contributed by atoms with E-state index in [1.54, 1.807) is 0 Å². The third kappa shape index (κ3) is 6.75. The smallest absolute Gasteiger partial charge is 0.264 e. The number of H-pyrrole nitrogens is 2. The normalized spacial score (nSPS) is 12.1. The predicted octanol–water partition coefficient (Wildman–Crippen LogP) is 3.50. The van der Waals surface area contributed by atoms with Gasteiger partial charge >= 0.3 is 0 Å². The number of nitrogens with one attached hydrogen (secondary N) is 2. The number of phenolic OH excluding ortho intramolecular Hbond substituents is 4. The van der Waals surface area contributed by atoms with Crippen molar-refractivity contribution in [3.8, 4) is 23.0 Å². The van der Waals surface area contributed by atoms with Gasteiger partial charge in [0.2, 0.25) is 0 Å². The number of rotatable bonds is 10. The Morgan fingerprint density at radius 2 is 1.08 bits per heavy atom. The third-order valence-electron chi connectivity index (χ3n) is 4.59. The second-order valence-corrected chi connectivity index (χ2v) is 7.24. The van der Waals surface area contributed by atoms with E-state index >= 15 is 0 Å². The molecule has 6 N–H and O–H groups in total. The Hall–Kier alpha value is -5.54. The first-order valence-electron chi connectivity index (χ1n) is 10.7. The van der Waals surface area contributed by atoms with Gasteiger partial charge in [0.15, 0.2) is 0 Å². The maximum atomic E-state index is 10.1. The number of aromatic nitrogens is 6. The molecule has 0 saturated heterocycles. The topological polar surface area (TPSA) is 238 Å². The minimum Gasteiger partial charge on any atom is -0.507 e. The molecule has 0 atom stereocenters. The summed E-state index contributed by atoms with van der Waals surface area (Å²) < 4.78 is 0. The fourth-order valence-electron chi connectivity index (χ4n) is 2.81. The lowest BCUT2D eigenvalue weighted by atomic mass is 10.2. The number of hydrogen-bond acceptors (Lipinski definition) is 14. The van der Waals surface area contributed by atoms with Crippen molar-refractivity contribution in [2.75, 3.05) is 13.1 Å². The number of aliphatic imine (C=N–C) groups is 2. The van der Waals surface area contributed by atoms with Gasteiger partial charge in [-0.3, -0.25) is 9.98 Å². The molecule has 0 aliphatic heterocycles. The molecule has 16 nitrogen and oxygen atoms in total. The van der Waals surface area contributed by atoms with E-state index in [-0.39, 0.29) is 46.3 Å². The van der Waals surface area contributed by atoms with Crippen molar-refractivity contribution in [3.63, 3.8) is 0 Å². The highest BCUT2D eigenvalue weighted by Crippen LogP contribution is 2.34. The molecule has 0 radical (unpaired) electrons. The molecule has 16 heteroatoms. The van der Waals surface area contributed by atoms with Gasteiger partial charge in [0.1, 0.15) is 47.0 Å². The highest BCUT2D eigenvalue weighted by Gasteiger charge is 2.08. The van der Waals surface area contributed by atoms with Crippen molar-refractivity contribution >= 4 is 35.7 Å². The molecule has 2 aromatic carbocycles. The van der Waals surface area contributed by atoms with E-state index in [0.29, 0.717) is 30.6 Å². The van der Waals surface area contributed by atoms with Gasteiger partial charge in [-0.2, -0.15) is 20.2 Å². The summed E-state index contributed by atoms with van der Waals surface area (Å²) in [5.41, 5.74) is 0.921. The van der Waals surface area contributed by atoms with Crippen molar-refractivity contribution in [2.24, 2.45) is 30.4 Å². The van der Waals surface area contributed by atoms with Crippen LogP contribution in [0.5, 0.6) is 23.0 Å². The average Bonchev–Trinajstić information content (AvgIpc) is 3.59. The highest BCUT2D eigenvalue weighted by atomic mass is 16.3. The summed E-state index contributed by atoms with van der Waals surface area (Å²) in [6.07, 6.45) is 6.01. The molecule has 188 valence electrons. The van der Waals surface area contributed by atoms with Crippen molar-refractivity contribution in [1.29, 1.82) is 0 Å². The van der Waals surface area contributed by atoms with Gasteiger partial charge in [0, 0.05) is 48.8 Å². The molecule has 0 aliphatic carbocycles. The molecule has 0 unspecified atom stereocenters. The van der Waals surface area contributed by atoms with Gasteiger partial charge in [-0.1, -0.05) is 0 Å². The first-order chi connectivity index (χ1) is 18.0. The predicted molar refractivity (Wildman–Crippen MR) is 130 cm³/mol. The molecule has 0 amide bonds. The number of nitrogens with zero attached hydrogens (tertiary/aromatic N) is 10. The van der Waals surface area contributed by atoms with Crippen molar-refractivity contribution in [1.82, 2.24) is 30.4 Å². The molecule has 0 fully saturated rings. The van der Waals surface area contributed by atoms with E-state index in [0.717, 1.165) is 12.1 Å². The zero-order valence-electron chi connectivity index (χ0n) is 19.0. The van der Waals surface area contributed by atoms with Crippen molar-refractivity contribution in [3.05, 3.63) is 48.0 Å². The lowest BCUT2D eigenvalue weighted by Crippen LogP contribution is -1.90. The van der Waals surface area contributed by atoms with Crippen LogP contribution in [0, 0.1) is 0 Å². The van der Waals surface area contributed by atoms with Crippen LogP contribution < -0.4 is 0 Å². The standard InChI is InChI=1S/C21H20N12O4/c34-16-6-18(36)14(28-32-20-24-10-26-30-20)4-12(16)8-22-2-1-3-23-9-13-5-15(19(37)7-17(13)35)29-33-21-25-11-27-31-21/h4-11,34-37H,1-3H2,(H,24,26,30)(H,25,27,31). The Balaban J connectivity index is 1.32. The van der Waals surface area contributed by atoms with Crippen LogP contribution in [0.2, 0.25) is 0 Å². The maximum absolute atomic E-state index is 10.1. The SMILES string of the molecule is Oc1cc(O)c(N=Nc2ncn[nH]2)cc1C=NCCCN=Cc1cc(N=Nc2ncn[nH]2)c(O)cc1O. The summed E-state index contributed by atoms with van der Waals surface area (Å²) in [6, 6.07) is 5.14. The van der Waals surface area contributed by atoms with Crippen LogP contribution in [0.4, 0.5) is 23.3 Å². The summed E-state index contributed by atoms with van der Waals surface area (Å²) in [6.45, 7) is 0.787. The molecule has 4 aromatic rings. The van der Waals surface area contributed by atoms with Crippen molar-refractivity contribution < 1.29 is 20.4 Å². The van der Waals surface area contributed by atoms with E-state index in [4.69, 9.17) is 0 Å². The summed E-state index contributed by atoms with van der Waals surface area (Å²) >= 11 is 0. The fraction of sp³-hybridized carbons (Fsp3) is 0.143. The molecular weight excluding hydrogens is 484 g/mol. The van der Waals surface area contributed by atoms with Crippen LogP contribution in [-0.2, 0) is 0 Å². The number of hydrogen-bond donors (Lipinski definition) is 6. The van der Waals surface area contributed by atoms with Gasteiger partial charge in [-0.05, 0) is 18.6 Å². The fourth-order valence-corrected chi connectivity index (χ4v) is 2.81. The highest BCUT2D eigenvalue weighted by molar-refractivity contribution is 5.86. The van der Waals surface area contributed by atoms with Crippen LogP contribution in [0.1, 0.15) is 17.5 Å². The number of aromatic hydroxyl groups is 4. The summed E-state index contributed by atoms with van der Waals surface area (Å²) in [5.74, 6) is -0.527. The zero-order chi connectivity index (χ0) is 26.0. The van der Waals surface area contributed by atoms with E-state index < -0.39 is 0 Å². The first kappa shape index (κ1) is 24.6. The van der Waals surface area contributed by atoms with Crippen LogP contribution in [0.15, 0.2) is 67.4 Å². The summed E-state index contributed by atoms with van der Waals surface area (Å²) in [7, 11) is 0. The van der Waals surface area contributed by atoms with E-state index in [2.05, 4.69) is 60.8 Å². The monoisotopic (exact) mass is 504 g/mol. The third-order valence-corrected chi connectivity index (χ3v) is 4.59. The average molecular weight is 504 g/mol. The van der Waals surface area contributed by atoms with Gasteiger partial charge < -0.3 is 20.4 Å². The Bertz CT molecular complexity index is 1340. The summed E-state index contributed by atoms with van der Waals surface area (Å²) in [5, 5.41) is 67.7. The van der Waals surface area contributed by atoms with Crippen molar-refractivity contribution in [2.45, 2.75) is 6.42 Å². The summed E-state index contributed by atoms with van der Waals surface area (Å²) in [4.78, 5) is 16.1. The minimum atomic E-state index is -0.257. The molecule has 0 aliphatic rings. The number of phenols is 4. The molecule has 37 heavy (non-hydrogen) atoms. The zero-order valence-corrected chi connectivity index (χ0v) is 19.0. The molecule has 4 rings (SSSR count). The van der Waals surface area contributed by atoms with Gasteiger partial charge in [-0.25, -0.2) is 10.2 Å². The largest absolute Gasteiger partial charge is 0.507 e. The van der Waals surface area contributed by atoms with Crippen LogP contribution >= 0.6 is 0 Å². The Morgan fingerprint density at radius 1 is 0.622 bits per heavy atom. The maximum Gasteiger partial charge on any atom is 0.264 e. The number of benzene rings is 2. The second kappa shape index (κ2) is 11.7. The van der Waals surface area contributed by atoms with E-state index in [1.165, 1.54) is 37.2 Å². The minimum absolute atomic E-state index is 0.119.